The summed E-state index contributed by atoms with van der Waals surface area (Å²) in [6.45, 7) is 6.88. The van der Waals surface area contributed by atoms with Crippen LogP contribution in [0.1, 0.15) is 46.0 Å². The van der Waals surface area contributed by atoms with Crippen molar-refractivity contribution in [3.63, 3.8) is 0 Å². The van der Waals surface area contributed by atoms with E-state index in [0.29, 0.717) is 11.8 Å². The molecular weight excluding hydrogens is 216 g/mol. The molecular formula is C14H24O3. The molecule has 4 fully saturated rings. The average Bonchev–Trinajstić information content (AvgIpc) is 2.42. The summed E-state index contributed by atoms with van der Waals surface area (Å²) in [6, 6.07) is 0. The molecule has 0 unspecified atom stereocenters. The van der Waals surface area contributed by atoms with E-state index in [1.54, 1.807) is 0 Å². The predicted octanol–water partition coefficient (Wildman–Crippen LogP) is 2.94. The van der Waals surface area contributed by atoms with Crippen molar-refractivity contribution >= 4 is 0 Å². The Labute approximate surface area is 104 Å². The minimum absolute atomic E-state index is 0.0937. The second-order valence-corrected chi connectivity index (χ2v) is 6.32. The van der Waals surface area contributed by atoms with Crippen molar-refractivity contribution in [3.8, 4) is 0 Å². The highest BCUT2D eigenvalue weighted by Crippen LogP contribution is 2.48. The number of hydrogen-bond acceptors (Lipinski definition) is 3. The third-order valence-corrected chi connectivity index (χ3v) is 5.01. The van der Waals surface area contributed by atoms with E-state index in [4.69, 9.17) is 14.2 Å². The van der Waals surface area contributed by atoms with E-state index in [1.165, 1.54) is 32.1 Å². The normalized spacial score (nSPS) is 43.2. The van der Waals surface area contributed by atoms with Crippen LogP contribution in [0.5, 0.6) is 0 Å². The summed E-state index contributed by atoms with van der Waals surface area (Å²) in [6.07, 6.45) is 6.31. The van der Waals surface area contributed by atoms with E-state index in [-0.39, 0.29) is 5.41 Å². The minimum Gasteiger partial charge on any atom is -0.326 e. The molecule has 17 heavy (non-hydrogen) atoms. The highest BCUT2D eigenvalue weighted by molar-refractivity contribution is 4.93. The van der Waals surface area contributed by atoms with E-state index in [2.05, 4.69) is 13.8 Å². The fourth-order valence-electron chi connectivity index (χ4n) is 3.29. The predicted molar refractivity (Wildman–Crippen MR) is 64.4 cm³/mol. The van der Waals surface area contributed by atoms with Gasteiger partial charge in [0.2, 0.25) is 0 Å². The summed E-state index contributed by atoms with van der Waals surface area (Å²) in [5.41, 5.74) is 0.0937. The van der Waals surface area contributed by atoms with Crippen LogP contribution < -0.4 is 0 Å². The lowest BCUT2D eigenvalue weighted by Crippen LogP contribution is -2.64. The number of ether oxygens (including phenoxy) is 3. The quantitative estimate of drug-likeness (QED) is 0.742. The van der Waals surface area contributed by atoms with Crippen LogP contribution in [-0.4, -0.2) is 25.8 Å². The lowest BCUT2D eigenvalue weighted by atomic mass is 9.76. The molecule has 0 N–H and O–H groups in total. The molecule has 0 aromatic carbocycles. The fraction of sp³-hybridized carbons (Fsp3) is 1.00. The SMILES string of the molecule is CC(C)C12COC(C3CCCCC3)(OC1)OC2. The first-order valence-electron chi connectivity index (χ1n) is 7.09. The summed E-state index contributed by atoms with van der Waals surface area (Å²) in [7, 11) is 0. The van der Waals surface area contributed by atoms with Gasteiger partial charge in [-0.2, -0.15) is 0 Å². The Bertz CT molecular complexity index is 257. The second kappa shape index (κ2) is 4.22. The third kappa shape index (κ3) is 1.83. The van der Waals surface area contributed by atoms with Crippen LogP contribution in [0.25, 0.3) is 0 Å². The molecule has 98 valence electrons. The molecule has 0 spiro atoms. The maximum Gasteiger partial charge on any atom is 0.285 e. The van der Waals surface area contributed by atoms with Crippen molar-refractivity contribution in [2.24, 2.45) is 17.3 Å². The Balaban J connectivity index is 1.72. The van der Waals surface area contributed by atoms with E-state index in [9.17, 15) is 0 Å². The maximum atomic E-state index is 6.02. The summed E-state index contributed by atoms with van der Waals surface area (Å²) >= 11 is 0. The molecule has 3 saturated heterocycles. The molecule has 4 aliphatic rings. The van der Waals surface area contributed by atoms with Gasteiger partial charge in [0.25, 0.3) is 5.97 Å². The van der Waals surface area contributed by atoms with Crippen molar-refractivity contribution in [1.82, 2.24) is 0 Å². The number of rotatable bonds is 2. The smallest absolute Gasteiger partial charge is 0.285 e. The van der Waals surface area contributed by atoms with Crippen LogP contribution >= 0.6 is 0 Å². The van der Waals surface area contributed by atoms with E-state index >= 15 is 0 Å². The first-order valence-corrected chi connectivity index (χ1v) is 7.09. The third-order valence-electron chi connectivity index (χ3n) is 5.01. The highest BCUT2D eigenvalue weighted by Gasteiger charge is 2.57. The highest BCUT2D eigenvalue weighted by atomic mass is 16.9. The van der Waals surface area contributed by atoms with Gasteiger partial charge in [-0.25, -0.2) is 0 Å². The fourth-order valence-corrected chi connectivity index (χ4v) is 3.29. The molecule has 1 saturated carbocycles. The molecule has 0 atom stereocenters. The molecule has 3 nitrogen and oxygen atoms in total. The Morgan fingerprint density at radius 2 is 1.41 bits per heavy atom. The molecule has 2 bridgehead atoms. The molecule has 0 aromatic heterocycles. The van der Waals surface area contributed by atoms with Gasteiger partial charge in [-0.3, -0.25) is 0 Å². The average molecular weight is 240 g/mol. The van der Waals surface area contributed by atoms with Crippen LogP contribution in [0.3, 0.4) is 0 Å². The summed E-state index contributed by atoms with van der Waals surface area (Å²) < 4.78 is 18.1. The molecule has 4 rings (SSSR count). The number of hydrogen-bond donors (Lipinski definition) is 0. The van der Waals surface area contributed by atoms with Crippen LogP contribution in [0, 0.1) is 17.3 Å². The van der Waals surface area contributed by atoms with Crippen molar-refractivity contribution in [1.29, 1.82) is 0 Å². The van der Waals surface area contributed by atoms with Crippen LogP contribution in [0.15, 0.2) is 0 Å². The van der Waals surface area contributed by atoms with Gasteiger partial charge in [0.1, 0.15) is 0 Å². The van der Waals surface area contributed by atoms with Crippen molar-refractivity contribution in [3.05, 3.63) is 0 Å². The van der Waals surface area contributed by atoms with Crippen molar-refractivity contribution in [2.75, 3.05) is 19.8 Å². The van der Waals surface area contributed by atoms with Crippen LogP contribution in [0.4, 0.5) is 0 Å². The summed E-state index contributed by atoms with van der Waals surface area (Å²) in [5.74, 6) is 0.311. The first-order chi connectivity index (χ1) is 8.17. The molecule has 0 aromatic rings. The van der Waals surface area contributed by atoms with E-state index in [1.807, 2.05) is 0 Å². The van der Waals surface area contributed by atoms with Crippen molar-refractivity contribution in [2.45, 2.75) is 51.9 Å². The van der Waals surface area contributed by atoms with Gasteiger partial charge in [-0.1, -0.05) is 33.1 Å². The maximum absolute atomic E-state index is 6.02. The Morgan fingerprint density at radius 1 is 0.882 bits per heavy atom. The van der Waals surface area contributed by atoms with Crippen LogP contribution in [0.2, 0.25) is 0 Å². The standard InChI is InChI=1S/C14H24O3/c1-11(2)13-8-15-14(16-9-13,17-10-13)12-6-4-3-5-7-12/h11-12H,3-10H2,1-2H3. The van der Waals surface area contributed by atoms with Gasteiger partial charge in [-0.15, -0.1) is 0 Å². The lowest BCUT2D eigenvalue weighted by Gasteiger charge is -2.56. The first kappa shape index (κ1) is 11.9. The molecule has 3 heterocycles. The number of fused-ring (bicyclic) bond motifs is 3. The zero-order valence-corrected chi connectivity index (χ0v) is 11.0. The lowest BCUT2D eigenvalue weighted by molar-refractivity contribution is -0.492. The minimum atomic E-state index is -0.683. The van der Waals surface area contributed by atoms with Gasteiger partial charge in [-0.05, 0) is 18.8 Å². The Kier molecular flexibility index (Phi) is 2.96. The van der Waals surface area contributed by atoms with Gasteiger partial charge in [0.15, 0.2) is 0 Å². The molecule has 0 radical (unpaired) electrons. The van der Waals surface area contributed by atoms with Gasteiger partial charge in [0, 0.05) is 11.3 Å². The molecule has 3 heteroatoms. The molecule has 0 amide bonds. The second-order valence-electron chi connectivity index (χ2n) is 6.32. The zero-order chi connectivity index (χ0) is 11.9. The van der Waals surface area contributed by atoms with Gasteiger partial charge < -0.3 is 14.2 Å². The summed E-state index contributed by atoms with van der Waals surface area (Å²) in [4.78, 5) is 0. The molecule has 3 aliphatic heterocycles. The monoisotopic (exact) mass is 240 g/mol. The van der Waals surface area contributed by atoms with Crippen LogP contribution in [-0.2, 0) is 14.2 Å². The van der Waals surface area contributed by atoms with Gasteiger partial charge in [0.05, 0.1) is 19.8 Å². The Hall–Kier alpha value is -0.120. The molecule has 1 aliphatic carbocycles. The largest absolute Gasteiger partial charge is 0.326 e. The van der Waals surface area contributed by atoms with E-state index in [0.717, 1.165) is 19.8 Å². The topological polar surface area (TPSA) is 27.7 Å². The summed E-state index contributed by atoms with van der Waals surface area (Å²) in [5, 5.41) is 0. The Morgan fingerprint density at radius 3 is 1.88 bits per heavy atom. The van der Waals surface area contributed by atoms with E-state index < -0.39 is 5.97 Å². The van der Waals surface area contributed by atoms with Gasteiger partial charge >= 0.3 is 0 Å². The van der Waals surface area contributed by atoms with Crippen molar-refractivity contribution < 1.29 is 14.2 Å². The zero-order valence-electron chi connectivity index (χ0n) is 11.0.